The lowest BCUT2D eigenvalue weighted by Gasteiger charge is -2.03. The molecule has 0 saturated carbocycles. The number of carbonyl (C=O) groups is 2. The molecule has 0 unspecified atom stereocenters. The number of esters is 1. The van der Waals surface area contributed by atoms with Crippen molar-refractivity contribution in [1.29, 1.82) is 0 Å². The predicted molar refractivity (Wildman–Crippen MR) is 117 cm³/mol. The fourth-order valence-corrected chi connectivity index (χ4v) is 4.40. The van der Waals surface area contributed by atoms with Crippen molar-refractivity contribution in [3.63, 3.8) is 0 Å². The number of anilines is 1. The maximum atomic E-state index is 12.6. The van der Waals surface area contributed by atoms with Crippen LogP contribution in [-0.2, 0) is 4.74 Å². The number of nitrogens with one attached hydrogen (secondary N) is 2. The third-order valence-corrected chi connectivity index (χ3v) is 6.08. The number of hydrogen-bond acceptors (Lipinski definition) is 6. The van der Waals surface area contributed by atoms with E-state index >= 15 is 0 Å². The highest BCUT2D eigenvalue weighted by Gasteiger charge is 2.18. The van der Waals surface area contributed by atoms with Gasteiger partial charge in [-0.1, -0.05) is 23.7 Å². The van der Waals surface area contributed by atoms with Gasteiger partial charge >= 0.3 is 5.97 Å². The number of halogens is 1. The molecule has 2 aromatic carbocycles. The number of H-pyrrole nitrogens is 1. The van der Waals surface area contributed by atoms with Gasteiger partial charge in [-0.05, 0) is 36.4 Å². The lowest BCUT2D eigenvalue weighted by Crippen LogP contribution is -2.12. The summed E-state index contributed by atoms with van der Waals surface area (Å²) in [6.45, 7) is 0. The number of carbonyl (C=O) groups excluding carboxylic acids is 2. The van der Waals surface area contributed by atoms with Crippen LogP contribution in [0.1, 0.15) is 20.2 Å². The largest absolute Gasteiger partial charge is 0.497 e. The van der Waals surface area contributed by atoms with Gasteiger partial charge < -0.3 is 14.8 Å². The predicted octanol–water partition coefficient (Wildman–Crippen LogP) is 4.99. The number of benzene rings is 2. The van der Waals surface area contributed by atoms with E-state index in [9.17, 15) is 9.59 Å². The summed E-state index contributed by atoms with van der Waals surface area (Å²) in [6.07, 6.45) is 0. The van der Waals surface area contributed by atoms with E-state index in [1.54, 1.807) is 31.4 Å². The van der Waals surface area contributed by atoms with Crippen LogP contribution < -0.4 is 10.1 Å². The highest BCUT2D eigenvalue weighted by molar-refractivity contribution is 7.21. The summed E-state index contributed by atoms with van der Waals surface area (Å²) in [5.74, 6) is -0.128. The van der Waals surface area contributed by atoms with Crippen molar-refractivity contribution in [3.8, 4) is 17.0 Å². The van der Waals surface area contributed by atoms with E-state index in [0.717, 1.165) is 15.6 Å². The summed E-state index contributed by atoms with van der Waals surface area (Å²) in [5, 5.41) is 10.9. The molecule has 0 spiro atoms. The first-order valence-corrected chi connectivity index (χ1v) is 10.0. The van der Waals surface area contributed by atoms with Crippen molar-refractivity contribution in [3.05, 3.63) is 64.1 Å². The second-order valence-electron chi connectivity index (χ2n) is 6.30. The van der Waals surface area contributed by atoms with Gasteiger partial charge in [0.05, 0.1) is 24.9 Å². The third kappa shape index (κ3) is 3.74. The summed E-state index contributed by atoms with van der Waals surface area (Å²) >= 11 is 7.48. The third-order valence-electron chi connectivity index (χ3n) is 4.45. The molecule has 1 amide bonds. The summed E-state index contributed by atoms with van der Waals surface area (Å²) in [7, 11) is 2.90. The quantitative estimate of drug-likeness (QED) is 0.425. The zero-order valence-electron chi connectivity index (χ0n) is 16.0. The van der Waals surface area contributed by atoms with E-state index in [1.807, 2.05) is 24.3 Å². The number of aromatic nitrogens is 2. The minimum absolute atomic E-state index is 0.312. The molecule has 0 saturated heterocycles. The van der Waals surface area contributed by atoms with Gasteiger partial charge in [-0.3, -0.25) is 9.89 Å². The Morgan fingerprint density at radius 2 is 1.97 bits per heavy atom. The van der Waals surface area contributed by atoms with Crippen molar-refractivity contribution in [2.24, 2.45) is 0 Å². The summed E-state index contributed by atoms with van der Waals surface area (Å²) in [4.78, 5) is 24.8. The van der Waals surface area contributed by atoms with Crippen LogP contribution in [0.2, 0.25) is 5.02 Å². The SMILES string of the molecule is COC(=O)c1sc2cc(NC(=O)c3cc(-c4cccc(OC)c4)n[nH]3)ccc2c1Cl. The van der Waals surface area contributed by atoms with Gasteiger partial charge in [0.1, 0.15) is 16.3 Å². The number of aromatic amines is 1. The van der Waals surface area contributed by atoms with Crippen LogP contribution in [-0.4, -0.2) is 36.3 Å². The van der Waals surface area contributed by atoms with Crippen LogP contribution in [0.15, 0.2) is 48.5 Å². The summed E-state index contributed by atoms with van der Waals surface area (Å²) in [6, 6.07) is 14.3. The van der Waals surface area contributed by atoms with Crippen LogP contribution in [0.5, 0.6) is 5.75 Å². The number of amides is 1. The molecule has 0 aliphatic rings. The number of fused-ring (bicyclic) bond motifs is 1. The zero-order valence-corrected chi connectivity index (χ0v) is 17.6. The number of hydrogen-bond donors (Lipinski definition) is 2. The Balaban J connectivity index is 1.56. The molecule has 0 atom stereocenters. The highest BCUT2D eigenvalue weighted by Crippen LogP contribution is 2.37. The minimum Gasteiger partial charge on any atom is -0.497 e. The number of rotatable bonds is 5. The molecule has 30 heavy (non-hydrogen) atoms. The zero-order chi connectivity index (χ0) is 21.3. The fraction of sp³-hybridized carbons (Fsp3) is 0.0952. The standard InChI is InChI=1S/C21H16ClN3O4S/c1-28-13-5-3-4-11(8-13)15-10-16(25-24-15)20(26)23-12-6-7-14-17(9-12)30-19(18(14)22)21(27)29-2/h3-10H,1-2H3,(H,23,26)(H,24,25). The van der Waals surface area contributed by atoms with E-state index in [-0.39, 0.29) is 5.91 Å². The van der Waals surface area contributed by atoms with Gasteiger partial charge in [-0.2, -0.15) is 5.10 Å². The first-order chi connectivity index (χ1) is 14.5. The first-order valence-electron chi connectivity index (χ1n) is 8.81. The van der Waals surface area contributed by atoms with Crippen LogP contribution in [0.4, 0.5) is 5.69 Å². The van der Waals surface area contributed by atoms with Crippen LogP contribution >= 0.6 is 22.9 Å². The number of ether oxygens (including phenoxy) is 2. The molecule has 0 radical (unpaired) electrons. The molecule has 0 bridgehead atoms. The Hall–Kier alpha value is -3.36. The fourth-order valence-electron chi connectivity index (χ4n) is 2.93. The van der Waals surface area contributed by atoms with Gasteiger partial charge in [0, 0.05) is 21.3 Å². The lowest BCUT2D eigenvalue weighted by molar-refractivity contribution is 0.0606. The molecule has 0 aliphatic carbocycles. The highest BCUT2D eigenvalue weighted by atomic mass is 35.5. The monoisotopic (exact) mass is 441 g/mol. The second kappa shape index (κ2) is 8.17. The van der Waals surface area contributed by atoms with E-state index < -0.39 is 5.97 Å². The Morgan fingerprint density at radius 1 is 1.13 bits per heavy atom. The van der Waals surface area contributed by atoms with E-state index in [0.29, 0.717) is 32.7 Å². The molecule has 4 aromatic rings. The van der Waals surface area contributed by atoms with E-state index in [1.165, 1.54) is 18.4 Å². The van der Waals surface area contributed by atoms with Crippen LogP contribution in [0.3, 0.4) is 0 Å². The molecule has 7 nitrogen and oxygen atoms in total. The topological polar surface area (TPSA) is 93.3 Å². The molecule has 9 heteroatoms. The van der Waals surface area contributed by atoms with Crippen molar-refractivity contribution in [1.82, 2.24) is 10.2 Å². The molecular formula is C21H16ClN3O4S. The van der Waals surface area contributed by atoms with Gasteiger partial charge in [0.15, 0.2) is 0 Å². The number of nitrogens with zero attached hydrogens (tertiary/aromatic N) is 1. The Morgan fingerprint density at radius 3 is 2.73 bits per heavy atom. The molecular weight excluding hydrogens is 426 g/mol. The summed E-state index contributed by atoms with van der Waals surface area (Å²) in [5.41, 5.74) is 2.34. The first kappa shape index (κ1) is 19.9. The molecule has 0 aliphatic heterocycles. The lowest BCUT2D eigenvalue weighted by atomic mass is 10.1. The number of thiophene rings is 1. The second-order valence-corrected chi connectivity index (χ2v) is 7.73. The Bertz CT molecular complexity index is 1260. The average Bonchev–Trinajstić information content (AvgIpc) is 3.38. The summed E-state index contributed by atoms with van der Waals surface area (Å²) < 4.78 is 10.7. The average molecular weight is 442 g/mol. The molecule has 152 valence electrons. The van der Waals surface area contributed by atoms with E-state index in [2.05, 4.69) is 15.5 Å². The van der Waals surface area contributed by atoms with Gasteiger partial charge in [0.25, 0.3) is 5.91 Å². The van der Waals surface area contributed by atoms with Gasteiger partial charge in [-0.15, -0.1) is 11.3 Å². The van der Waals surface area contributed by atoms with Crippen molar-refractivity contribution < 1.29 is 19.1 Å². The number of methoxy groups -OCH3 is 2. The van der Waals surface area contributed by atoms with Crippen molar-refractivity contribution in [2.45, 2.75) is 0 Å². The maximum Gasteiger partial charge on any atom is 0.349 e. The Kier molecular flexibility index (Phi) is 5.43. The molecule has 0 fully saturated rings. The normalized spacial score (nSPS) is 10.8. The van der Waals surface area contributed by atoms with Crippen LogP contribution in [0, 0.1) is 0 Å². The van der Waals surface area contributed by atoms with Crippen LogP contribution in [0.25, 0.3) is 21.3 Å². The smallest absolute Gasteiger partial charge is 0.349 e. The van der Waals surface area contributed by atoms with Gasteiger partial charge in [-0.25, -0.2) is 4.79 Å². The minimum atomic E-state index is -0.491. The Labute approximate surface area is 180 Å². The van der Waals surface area contributed by atoms with Crippen molar-refractivity contribution in [2.75, 3.05) is 19.5 Å². The molecule has 2 heterocycles. The van der Waals surface area contributed by atoms with Gasteiger partial charge in [0.2, 0.25) is 0 Å². The molecule has 2 N–H and O–H groups in total. The maximum absolute atomic E-state index is 12.6. The van der Waals surface area contributed by atoms with E-state index in [4.69, 9.17) is 21.1 Å². The molecule has 4 rings (SSSR count). The van der Waals surface area contributed by atoms with Crippen molar-refractivity contribution >= 4 is 50.6 Å². The molecule has 2 aromatic heterocycles.